The second-order valence-electron chi connectivity index (χ2n) is 9.00. The molecule has 0 amide bonds. The summed E-state index contributed by atoms with van der Waals surface area (Å²) < 4.78 is 28.5. The van der Waals surface area contributed by atoms with Crippen molar-refractivity contribution in [2.75, 3.05) is 22.7 Å². The average Bonchev–Trinajstić information content (AvgIpc) is 3.14. The third-order valence-corrected chi connectivity index (χ3v) is 8.02. The maximum atomic E-state index is 12.9. The van der Waals surface area contributed by atoms with E-state index < -0.39 is 10.0 Å². The highest BCUT2D eigenvalue weighted by atomic mass is 32.2. The number of rotatable bonds is 5. The summed E-state index contributed by atoms with van der Waals surface area (Å²) in [5, 5.41) is 8.86. The molecular weight excluding hydrogens is 432 g/mol. The number of fused-ring (bicyclic) bond motifs is 1. The summed E-state index contributed by atoms with van der Waals surface area (Å²) in [6.07, 6.45) is 9.24. The number of hydrogen-bond acceptors (Lipinski definition) is 5. The Hall–Kier alpha value is -2.93. The molecule has 1 saturated heterocycles. The third-order valence-electron chi connectivity index (χ3n) is 6.64. The van der Waals surface area contributed by atoms with E-state index in [1.165, 1.54) is 37.7 Å². The van der Waals surface area contributed by atoms with Crippen molar-refractivity contribution in [2.24, 2.45) is 0 Å². The first-order chi connectivity index (χ1) is 16.1. The Morgan fingerprint density at radius 3 is 2.15 bits per heavy atom. The Bertz CT molecular complexity index is 1200. The number of hydrogen-bond donors (Lipinski definition) is 1. The molecule has 0 atom stereocenters. The van der Waals surface area contributed by atoms with Crippen molar-refractivity contribution in [3.05, 3.63) is 65.7 Å². The van der Waals surface area contributed by atoms with E-state index in [9.17, 15) is 8.42 Å². The second kappa shape index (κ2) is 9.51. The molecule has 1 aliphatic carbocycles. The van der Waals surface area contributed by atoms with Gasteiger partial charge in [0, 0.05) is 24.3 Å². The summed E-state index contributed by atoms with van der Waals surface area (Å²) >= 11 is 0. The summed E-state index contributed by atoms with van der Waals surface area (Å²) in [5.41, 5.74) is 4.64. The third kappa shape index (κ3) is 5.03. The van der Waals surface area contributed by atoms with Gasteiger partial charge in [-0.1, -0.05) is 31.0 Å². The van der Waals surface area contributed by atoms with Gasteiger partial charge in [0.25, 0.3) is 10.0 Å². The SMILES string of the molecule is O=S(=O)(Nc1ccc(-c2ccc(N3CCCCCC3)nn2)cc1)c1ccc2c(c1)CCCC2. The highest BCUT2D eigenvalue weighted by Crippen LogP contribution is 2.26. The molecule has 5 rings (SSSR count). The molecule has 0 bridgehead atoms. The Labute approximate surface area is 196 Å². The van der Waals surface area contributed by atoms with Crippen molar-refractivity contribution in [1.29, 1.82) is 0 Å². The van der Waals surface area contributed by atoms with Crippen molar-refractivity contribution in [2.45, 2.75) is 56.3 Å². The first-order valence-corrected chi connectivity index (χ1v) is 13.4. The van der Waals surface area contributed by atoms with Gasteiger partial charge in [0.15, 0.2) is 5.82 Å². The fraction of sp³-hybridized carbons (Fsp3) is 0.385. The highest BCUT2D eigenvalue weighted by molar-refractivity contribution is 7.92. The molecule has 0 unspecified atom stereocenters. The van der Waals surface area contributed by atoms with Crippen molar-refractivity contribution in [1.82, 2.24) is 10.2 Å². The number of anilines is 2. The fourth-order valence-corrected chi connectivity index (χ4v) is 5.86. The number of aryl methyl sites for hydroxylation is 2. The minimum atomic E-state index is -3.63. The fourth-order valence-electron chi connectivity index (χ4n) is 4.75. The Morgan fingerprint density at radius 1 is 0.727 bits per heavy atom. The van der Waals surface area contributed by atoms with Crippen LogP contribution in [0.3, 0.4) is 0 Å². The summed E-state index contributed by atoms with van der Waals surface area (Å²) in [4.78, 5) is 2.63. The summed E-state index contributed by atoms with van der Waals surface area (Å²) in [6, 6.07) is 16.8. The van der Waals surface area contributed by atoms with Gasteiger partial charge in [-0.05, 0) is 86.1 Å². The molecular formula is C26H30N4O2S. The zero-order valence-corrected chi connectivity index (χ0v) is 19.7. The van der Waals surface area contributed by atoms with Crippen LogP contribution in [0.25, 0.3) is 11.3 Å². The Balaban J connectivity index is 1.28. The molecule has 7 heteroatoms. The van der Waals surface area contributed by atoms with Gasteiger partial charge < -0.3 is 4.90 Å². The maximum absolute atomic E-state index is 12.9. The normalized spacial score (nSPS) is 16.7. The maximum Gasteiger partial charge on any atom is 0.261 e. The predicted molar refractivity (Wildman–Crippen MR) is 132 cm³/mol. The van der Waals surface area contributed by atoms with Crippen LogP contribution in [0.4, 0.5) is 11.5 Å². The van der Waals surface area contributed by atoms with E-state index in [0.29, 0.717) is 10.6 Å². The monoisotopic (exact) mass is 462 g/mol. The van der Waals surface area contributed by atoms with Crippen molar-refractivity contribution in [3.8, 4) is 11.3 Å². The van der Waals surface area contributed by atoms with E-state index in [1.54, 1.807) is 18.2 Å². The van der Waals surface area contributed by atoms with Crippen molar-refractivity contribution < 1.29 is 8.42 Å². The lowest BCUT2D eigenvalue weighted by atomic mass is 9.92. The van der Waals surface area contributed by atoms with Gasteiger partial charge in [-0.2, -0.15) is 0 Å². The van der Waals surface area contributed by atoms with Gasteiger partial charge in [-0.3, -0.25) is 4.72 Å². The molecule has 33 heavy (non-hydrogen) atoms. The minimum absolute atomic E-state index is 0.321. The standard InChI is InChI=1S/C26H30N4O2S/c31-33(32,24-14-11-20-7-3-4-8-22(20)19-24)29-23-12-9-21(10-13-23)25-15-16-26(28-27-25)30-17-5-1-2-6-18-30/h9-16,19,29H,1-8,17-18H2. The van der Waals surface area contributed by atoms with Gasteiger partial charge in [-0.15, -0.1) is 10.2 Å². The molecule has 2 heterocycles. The topological polar surface area (TPSA) is 75.2 Å². The van der Waals surface area contributed by atoms with E-state index >= 15 is 0 Å². The van der Waals surface area contributed by atoms with Gasteiger partial charge in [0.2, 0.25) is 0 Å². The van der Waals surface area contributed by atoms with Gasteiger partial charge in [-0.25, -0.2) is 8.42 Å². The largest absolute Gasteiger partial charge is 0.355 e. The van der Waals surface area contributed by atoms with Gasteiger partial charge in [0.1, 0.15) is 0 Å². The van der Waals surface area contributed by atoms with Crippen LogP contribution in [0, 0.1) is 0 Å². The number of aromatic nitrogens is 2. The number of sulfonamides is 1. The lowest BCUT2D eigenvalue weighted by Gasteiger charge is -2.20. The Kier molecular flexibility index (Phi) is 6.31. The van der Waals surface area contributed by atoms with E-state index in [2.05, 4.69) is 19.8 Å². The van der Waals surface area contributed by atoms with E-state index in [0.717, 1.165) is 55.0 Å². The van der Waals surface area contributed by atoms with Crippen LogP contribution in [-0.4, -0.2) is 31.7 Å². The lowest BCUT2D eigenvalue weighted by molar-refractivity contribution is 0.600. The predicted octanol–water partition coefficient (Wildman–Crippen LogP) is 5.20. The smallest absolute Gasteiger partial charge is 0.261 e. The van der Waals surface area contributed by atoms with Crippen molar-refractivity contribution in [3.63, 3.8) is 0 Å². The van der Waals surface area contributed by atoms with Crippen LogP contribution in [0.15, 0.2) is 59.5 Å². The molecule has 0 radical (unpaired) electrons. The number of nitrogens with zero attached hydrogens (tertiary/aromatic N) is 3. The molecule has 1 aliphatic heterocycles. The van der Waals surface area contributed by atoms with Crippen LogP contribution in [-0.2, 0) is 22.9 Å². The van der Waals surface area contributed by atoms with Crippen LogP contribution in [0.5, 0.6) is 0 Å². The molecule has 2 aromatic carbocycles. The summed E-state index contributed by atoms with van der Waals surface area (Å²) in [7, 11) is -3.63. The Morgan fingerprint density at radius 2 is 1.45 bits per heavy atom. The van der Waals surface area contributed by atoms with E-state index in [-0.39, 0.29) is 0 Å². The average molecular weight is 463 g/mol. The molecule has 3 aromatic rings. The minimum Gasteiger partial charge on any atom is -0.355 e. The zero-order valence-electron chi connectivity index (χ0n) is 18.8. The first-order valence-electron chi connectivity index (χ1n) is 11.9. The molecule has 6 nitrogen and oxygen atoms in total. The van der Waals surface area contributed by atoms with Crippen LogP contribution >= 0.6 is 0 Å². The van der Waals surface area contributed by atoms with Crippen molar-refractivity contribution >= 4 is 21.5 Å². The van der Waals surface area contributed by atoms with E-state index in [4.69, 9.17) is 0 Å². The van der Waals surface area contributed by atoms with Gasteiger partial charge >= 0.3 is 0 Å². The molecule has 0 spiro atoms. The molecule has 1 fully saturated rings. The van der Waals surface area contributed by atoms with E-state index in [1.807, 2.05) is 36.4 Å². The summed E-state index contributed by atoms with van der Waals surface area (Å²) in [5.74, 6) is 0.926. The molecule has 172 valence electrons. The molecule has 0 saturated carbocycles. The molecule has 1 aromatic heterocycles. The molecule has 1 N–H and O–H groups in total. The zero-order chi connectivity index (χ0) is 22.7. The second-order valence-corrected chi connectivity index (χ2v) is 10.7. The first kappa shape index (κ1) is 21.9. The molecule has 2 aliphatic rings. The number of nitrogens with one attached hydrogen (secondary N) is 1. The van der Waals surface area contributed by atoms with Gasteiger partial charge in [0.05, 0.1) is 10.6 Å². The van der Waals surface area contributed by atoms with Crippen LogP contribution < -0.4 is 9.62 Å². The van der Waals surface area contributed by atoms with Crippen LogP contribution in [0.1, 0.15) is 49.7 Å². The summed E-state index contributed by atoms with van der Waals surface area (Å²) in [6.45, 7) is 2.07. The highest BCUT2D eigenvalue weighted by Gasteiger charge is 2.18. The lowest BCUT2D eigenvalue weighted by Crippen LogP contribution is -2.25. The number of benzene rings is 2. The van der Waals surface area contributed by atoms with Crippen LogP contribution in [0.2, 0.25) is 0 Å². The quantitative estimate of drug-likeness (QED) is 0.564.